The summed E-state index contributed by atoms with van der Waals surface area (Å²) in [7, 11) is 0. The van der Waals surface area contributed by atoms with E-state index in [0.29, 0.717) is 22.7 Å². The molecular weight excluding hydrogens is 384 g/mol. The van der Waals surface area contributed by atoms with E-state index >= 15 is 0 Å². The minimum Gasteiger partial charge on any atom is -0.478 e. The summed E-state index contributed by atoms with van der Waals surface area (Å²) in [4.78, 5) is 36.3. The molecule has 1 aliphatic heterocycles. The number of anilines is 1. The zero-order valence-electron chi connectivity index (χ0n) is 17.1. The van der Waals surface area contributed by atoms with Gasteiger partial charge in [0, 0.05) is 11.3 Å². The number of aromatic carboxylic acids is 1. The Kier molecular flexibility index (Phi) is 5.68. The highest BCUT2D eigenvalue weighted by molar-refractivity contribution is 6.30. The highest BCUT2D eigenvalue weighted by Crippen LogP contribution is 2.26. The second-order valence-electron chi connectivity index (χ2n) is 7.04. The lowest BCUT2D eigenvalue weighted by molar-refractivity contribution is -0.114. The van der Waals surface area contributed by atoms with Crippen LogP contribution in [0.25, 0.3) is 0 Å². The molecule has 0 fully saturated rings. The number of nitrogens with one attached hydrogen (secondary N) is 2. The summed E-state index contributed by atoms with van der Waals surface area (Å²) in [6.45, 7) is 7.34. The lowest BCUT2D eigenvalue weighted by Gasteiger charge is -2.15. The first-order valence-corrected chi connectivity index (χ1v) is 9.27. The van der Waals surface area contributed by atoms with Crippen molar-refractivity contribution in [2.45, 2.75) is 27.7 Å². The molecule has 0 radical (unpaired) electrons. The molecule has 3 rings (SSSR count). The first-order valence-electron chi connectivity index (χ1n) is 9.27. The predicted octanol–water partition coefficient (Wildman–Crippen LogP) is 2.93. The van der Waals surface area contributed by atoms with Gasteiger partial charge in [0.25, 0.3) is 11.8 Å². The minimum absolute atomic E-state index is 0.00991. The Morgan fingerprint density at radius 1 is 0.967 bits per heavy atom. The van der Waals surface area contributed by atoms with Crippen LogP contribution >= 0.6 is 0 Å². The topological polar surface area (TPSA) is 111 Å². The normalized spacial score (nSPS) is 15.0. The van der Waals surface area contributed by atoms with E-state index in [-0.39, 0.29) is 17.0 Å². The van der Waals surface area contributed by atoms with Gasteiger partial charge >= 0.3 is 5.97 Å². The molecule has 0 aliphatic carbocycles. The second-order valence-corrected chi connectivity index (χ2v) is 7.04. The molecular formula is C22H22N4O4. The molecule has 1 heterocycles. The number of carbonyl (C=O) groups is 3. The lowest BCUT2D eigenvalue weighted by atomic mass is 10.1. The number of hydrogen-bond acceptors (Lipinski definition) is 5. The molecule has 0 atom stereocenters. The van der Waals surface area contributed by atoms with Crippen molar-refractivity contribution in [3.05, 3.63) is 76.0 Å². The van der Waals surface area contributed by atoms with Gasteiger partial charge in [0.15, 0.2) is 0 Å². The van der Waals surface area contributed by atoms with Gasteiger partial charge in [-0.25, -0.2) is 4.79 Å². The highest BCUT2D eigenvalue weighted by Gasteiger charge is 2.31. The smallest absolute Gasteiger partial charge is 0.335 e. The molecule has 0 unspecified atom stereocenters. The molecule has 0 spiro atoms. The molecule has 8 heteroatoms. The molecule has 30 heavy (non-hydrogen) atoms. The number of carbonyl (C=O) groups excluding carboxylic acids is 2. The van der Waals surface area contributed by atoms with Gasteiger partial charge in [0.05, 0.1) is 22.5 Å². The molecule has 3 N–H and O–H groups in total. The van der Waals surface area contributed by atoms with Crippen LogP contribution in [0.3, 0.4) is 0 Å². The molecule has 0 saturated carbocycles. The molecule has 0 aromatic heterocycles. The number of hydrogen-bond donors (Lipinski definition) is 3. The van der Waals surface area contributed by atoms with Gasteiger partial charge in [0.1, 0.15) is 0 Å². The zero-order valence-corrected chi connectivity index (χ0v) is 17.1. The van der Waals surface area contributed by atoms with E-state index in [2.05, 4.69) is 16.0 Å². The summed E-state index contributed by atoms with van der Waals surface area (Å²) in [5, 5.41) is 14.7. The fourth-order valence-electron chi connectivity index (χ4n) is 3.05. The average molecular weight is 406 g/mol. The molecule has 154 valence electrons. The standard InChI is InChI=1S/C22H22N4O4/c1-12-8-9-18(10-13(12)2)26-21(28)19(15(4)25-26)14(3)23-24-20(27)16-6-5-7-17(11-16)22(29)30/h5-11,23H,1-4H3,(H,24,27)(H,29,30)/b19-14-. The largest absolute Gasteiger partial charge is 0.478 e. The van der Waals surface area contributed by atoms with Crippen LogP contribution in [0.5, 0.6) is 0 Å². The van der Waals surface area contributed by atoms with E-state index in [1.807, 2.05) is 32.0 Å². The summed E-state index contributed by atoms with van der Waals surface area (Å²) in [5.74, 6) is -1.95. The Balaban J connectivity index is 1.76. The summed E-state index contributed by atoms with van der Waals surface area (Å²) >= 11 is 0. The van der Waals surface area contributed by atoms with Gasteiger partial charge in [-0.3, -0.25) is 15.0 Å². The molecule has 2 aromatic carbocycles. The SMILES string of the molecule is CC1=NN(c2ccc(C)c(C)c2)C(=O)/C1=C(/C)NNC(=O)c1cccc(C(=O)O)c1. The Hall–Kier alpha value is -3.94. The first kappa shape index (κ1) is 20.8. The maximum atomic E-state index is 12.9. The van der Waals surface area contributed by atoms with Crippen molar-refractivity contribution in [3.63, 3.8) is 0 Å². The van der Waals surface area contributed by atoms with Gasteiger partial charge in [-0.2, -0.15) is 10.1 Å². The molecule has 1 aliphatic rings. The fraction of sp³-hybridized carbons (Fsp3) is 0.182. The van der Waals surface area contributed by atoms with Crippen LogP contribution in [0.1, 0.15) is 45.7 Å². The maximum absolute atomic E-state index is 12.9. The molecule has 8 nitrogen and oxygen atoms in total. The molecule has 0 saturated heterocycles. The van der Waals surface area contributed by atoms with Crippen molar-refractivity contribution in [2.75, 3.05) is 5.01 Å². The number of carboxylic acid groups (broad SMARTS) is 1. The Morgan fingerprint density at radius 3 is 2.33 bits per heavy atom. The lowest BCUT2D eigenvalue weighted by Crippen LogP contribution is -2.38. The van der Waals surface area contributed by atoms with Gasteiger partial charge in [-0.05, 0) is 69.2 Å². The molecule has 0 bridgehead atoms. The van der Waals surface area contributed by atoms with Crippen LogP contribution in [-0.2, 0) is 4.79 Å². The van der Waals surface area contributed by atoms with E-state index < -0.39 is 11.9 Å². The van der Waals surface area contributed by atoms with Crippen LogP contribution in [0, 0.1) is 13.8 Å². The van der Waals surface area contributed by atoms with Crippen LogP contribution in [0.15, 0.2) is 58.8 Å². The highest BCUT2D eigenvalue weighted by atomic mass is 16.4. The van der Waals surface area contributed by atoms with E-state index in [4.69, 9.17) is 5.11 Å². The minimum atomic E-state index is -1.12. The molecule has 2 amide bonds. The predicted molar refractivity (Wildman–Crippen MR) is 113 cm³/mol. The number of rotatable bonds is 5. The summed E-state index contributed by atoms with van der Waals surface area (Å²) in [6.07, 6.45) is 0. The van der Waals surface area contributed by atoms with Gasteiger partial charge in [-0.15, -0.1) is 0 Å². The van der Waals surface area contributed by atoms with Crippen LogP contribution in [0.4, 0.5) is 5.69 Å². The number of aryl methyl sites for hydroxylation is 2. The zero-order chi connectivity index (χ0) is 22.0. The van der Waals surface area contributed by atoms with Crippen molar-refractivity contribution in [1.82, 2.24) is 10.9 Å². The number of hydrazine groups is 1. The van der Waals surface area contributed by atoms with Crippen molar-refractivity contribution in [1.29, 1.82) is 0 Å². The third-order valence-electron chi connectivity index (χ3n) is 4.86. The number of hydrazone groups is 1. The number of benzene rings is 2. The quantitative estimate of drug-likeness (QED) is 0.522. The third kappa shape index (κ3) is 4.07. The summed E-state index contributed by atoms with van der Waals surface area (Å²) < 4.78 is 0. The van der Waals surface area contributed by atoms with Crippen molar-refractivity contribution in [3.8, 4) is 0 Å². The number of amides is 2. The van der Waals surface area contributed by atoms with E-state index in [1.54, 1.807) is 13.8 Å². The van der Waals surface area contributed by atoms with Crippen molar-refractivity contribution < 1.29 is 19.5 Å². The van der Waals surface area contributed by atoms with Crippen LogP contribution in [0.2, 0.25) is 0 Å². The maximum Gasteiger partial charge on any atom is 0.335 e. The van der Waals surface area contributed by atoms with E-state index in [0.717, 1.165) is 11.1 Å². The number of nitrogens with zero attached hydrogens (tertiary/aromatic N) is 2. The van der Waals surface area contributed by atoms with Crippen molar-refractivity contribution in [2.24, 2.45) is 5.10 Å². The Morgan fingerprint density at radius 2 is 1.67 bits per heavy atom. The monoisotopic (exact) mass is 406 g/mol. The number of carboxylic acids is 1. The van der Waals surface area contributed by atoms with Gasteiger partial charge in [0.2, 0.25) is 0 Å². The second kappa shape index (κ2) is 8.20. The Labute approximate surface area is 173 Å². The molecule has 2 aromatic rings. The van der Waals surface area contributed by atoms with Crippen LogP contribution in [-0.4, -0.2) is 28.6 Å². The first-order chi connectivity index (χ1) is 14.2. The number of allylic oxidation sites excluding steroid dienone is 1. The van der Waals surface area contributed by atoms with Gasteiger partial charge in [-0.1, -0.05) is 12.1 Å². The summed E-state index contributed by atoms with van der Waals surface area (Å²) in [6, 6.07) is 11.3. The average Bonchev–Trinajstić information content (AvgIpc) is 3.02. The van der Waals surface area contributed by atoms with Crippen molar-refractivity contribution >= 4 is 29.2 Å². The van der Waals surface area contributed by atoms with Crippen LogP contribution < -0.4 is 15.9 Å². The Bertz CT molecular complexity index is 1120. The third-order valence-corrected chi connectivity index (χ3v) is 4.86. The van der Waals surface area contributed by atoms with Gasteiger partial charge < -0.3 is 10.5 Å². The summed E-state index contributed by atoms with van der Waals surface area (Å²) in [5.41, 5.74) is 9.55. The van der Waals surface area contributed by atoms with E-state index in [1.165, 1.54) is 29.3 Å². The van der Waals surface area contributed by atoms with E-state index in [9.17, 15) is 14.4 Å². The fourth-order valence-corrected chi connectivity index (χ4v) is 3.05.